The lowest BCUT2D eigenvalue weighted by Gasteiger charge is -2.54. The van der Waals surface area contributed by atoms with E-state index >= 15 is 0 Å². The third-order valence-corrected chi connectivity index (χ3v) is 5.85. The molecule has 1 N–H and O–H groups in total. The topological polar surface area (TPSA) is 12.0 Å². The lowest BCUT2D eigenvalue weighted by molar-refractivity contribution is 0.0515. The van der Waals surface area contributed by atoms with Gasteiger partial charge in [-0.05, 0) is 53.4 Å². The summed E-state index contributed by atoms with van der Waals surface area (Å²) in [4.78, 5) is 1.54. The zero-order valence-electron chi connectivity index (χ0n) is 9.51. The molecule has 0 radical (unpaired) electrons. The van der Waals surface area contributed by atoms with Crippen molar-refractivity contribution in [2.45, 2.75) is 38.6 Å². The van der Waals surface area contributed by atoms with Crippen LogP contribution in [-0.2, 0) is 0 Å². The third-order valence-electron chi connectivity index (χ3n) is 4.11. The van der Waals surface area contributed by atoms with Crippen LogP contribution in [-0.4, -0.2) is 13.1 Å². The van der Waals surface area contributed by atoms with Gasteiger partial charge in [0.15, 0.2) is 0 Å². The molecule has 3 heteroatoms. The summed E-state index contributed by atoms with van der Waals surface area (Å²) in [6.45, 7) is 4.72. The molecule has 1 aliphatic rings. The van der Waals surface area contributed by atoms with E-state index in [1.807, 2.05) is 11.3 Å². The van der Waals surface area contributed by atoms with E-state index in [1.165, 1.54) is 21.5 Å². The molecule has 3 atom stereocenters. The molecule has 0 aliphatic heterocycles. The van der Waals surface area contributed by atoms with Gasteiger partial charge in [-0.2, -0.15) is 0 Å². The van der Waals surface area contributed by atoms with E-state index in [0.29, 0.717) is 11.5 Å². The molecule has 1 aliphatic carbocycles. The van der Waals surface area contributed by atoms with Crippen LogP contribution in [0.4, 0.5) is 0 Å². The zero-order valence-corrected chi connectivity index (χ0v) is 11.9. The standard InChI is InChI=1S/C12H18BrNS/c1-4-12(2)8(7-10(12)14-3)9-5-6-11(13)15-9/h5-6,8,10,14H,4,7H2,1-3H3. The lowest BCUT2D eigenvalue weighted by atomic mass is 9.55. The van der Waals surface area contributed by atoms with Gasteiger partial charge in [0.25, 0.3) is 0 Å². The fraction of sp³-hybridized carbons (Fsp3) is 0.667. The van der Waals surface area contributed by atoms with Crippen LogP contribution in [0.3, 0.4) is 0 Å². The van der Waals surface area contributed by atoms with Gasteiger partial charge in [0, 0.05) is 16.8 Å². The summed E-state index contributed by atoms with van der Waals surface area (Å²) in [5.74, 6) is 0.747. The highest BCUT2D eigenvalue weighted by molar-refractivity contribution is 9.11. The van der Waals surface area contributed by atoms with Gasteiger partial charge in [-0.1, -0.05) is 13.8 Å². The highest BCUT2D eigenvalue weighted by Crippen LogP contribution is 2.56. The first-order valence-corrected chi connectivity index (χ1v) is 7.15. The maximum absolute atomic E-state index is 3.55. The fourth-order valence-electron chi connectivity index (χ4n) is 2.75. The molecule has 0 amide bonds. The summed E-state index contributed by atoms with van der Waals surface area (Å²) in [5.41, 5.74) is 0.443. The van der Waals surface area contributed by atoms with E-state index in [1.54, 1.807) is 0 Å². The molecule has 1 aromatic rings. The Hall–Kier alpha value is 0.140. The molecule has 0 aromatic carbocycles. The molecular weight excluding hydrogens is 270 g/mol. The molecular formula is C12H18BrNS. The maximum Gasteiger partial charge on any atom is 0.0701 e. The maximum atomic E-state index is 3.55. The fourth-order valence-corrected chi connectivity index (χ4v) is 4.45. The molecule has 15 heavy (non-hydrogen) atoms. The predicted octanol–water partition coefficient (Wildman–Crippen LogP) is 4.00. The van der Waals surface area contributed by atoms with Crippen LogP contribution in [0.2, 0.25) is 0 Å². The van der Waals surface area contributed by atoms with E-state index < -0.39 is 0 Å². The second-order valence-electron chi connectivity index (χ2n) is 4.63. The van der Waals surface area contributed by atoms with Crippen molar-refractivity contribution in [1.29, 1.82) is 0 Å². The van der Waals surface area contributed by atoms with Gasteiger partial charge in [-0.15, -0.1) is 11.3 Å². The minimum Gasteiger partial charge on any atom is -0.316 e. The van der Waals surface area contributed by atoms with Crippen LogP contribution in [0.1, 0.15) is 37.5 Å². The zero-order chi connectivity index (χ0) is 11.1. The van der Waals surface area contributed by atoms with Gasteiger partial charge in [0.05, 0.1) is 3.79 Å². The summed E-state index contributed by atoms with van der Waals surface area (Å²) in [7, 11) is 2.08. The van der Waals surface area contributed by atoms with Crippen molar-refractivity contribution < 1.29 is 0 Å². The SMILES string of the molecule is CCC1(C)C(NC)CC1c1ccc(Br)s1. The molecule has 1 heterocycles. The quantitative estimate of drug-likeness (QED) is 0.886. The van der Waals surface area contributed by atoms with Crippen molar-refractivity contribution in [2.75, 3.05) is 7.05 Å². The van der Waals surface area contributed by atoms with Gasteiger partial charge in [0.2, 0.25) is 0 Å². The first-order chi connectivity index (χ1) is 7.11. The van der Waals surface area contributed by atoms with Gasteiger partial charge >= 0.3 is 0 Å². The van der Waals surface area contributed by atoms with Gasteiger partial charge < -0.3 is 5.32 Å². The van der Waals surface area contributed by atoms with Crippen molar-refractivity contribution in [1.82, 2.24) is 5.32 Å². The number of hydrogen-bond acceptors (Lipinski definition) is 2. The Morgan fingerprint density at radius 2 is 2.33 bits per heavy atom. The molecule has 2 rings (SSSR count). The summed E-state index contributed by atoms with van der Waals surface area (Å²) < 4.78 is 1.25. The Bertz CT molecular complexity index is 349. The molecule has 0 saturated heterocycles. The van der Waals surface area contributed by atoms with Crippen LogP contribution in [0.5, 0.6) is 0 Å². The van der Waals surface area contributed by atoms with Crippen molar-refractivity contribution in [3.63, 3.8) is 0 Å². The second-order valence-corrected chi connectivity index (χ2v) is 7.13. The van der Waals surface area contributed by atoms with Crippen LogP contribution < -0.4 is 5.32 Å². The molecule has 1 saturated carbocycles. The van der Waals surface area contributed by atoms with E-state index in [-0.39, 0.29) is 0 Å². The summed E-state index contributed by atoms with van der Waals surface area (Å²) in [6, 6.07) is 5.13. The Labute approximate surface area is 104 Å². The highest BCUT2D eigenvalue weighted by Gasteiger charge is 2.50. The predicted molar refractivity (Wildman–Crippen MR) is 70.6 cm³/mol. The molecule has 0 bridgehead atoms. The number of halogens is 1. The smallest absolute Gasteiger partial charge is 0.0701 e. The van der Waals surface area contributed by atoms with Crippen LogP contribution in [0.15, 0.2) is 15.9 Å². The van der Waals surface area contributed by atoms with Gasteiger partial charge in [0.1, 0.15) is 0 Å². The van der Waals surface area contributed by atoms with Crippen LogP contribution in [0.25, 0.3) is 0 Å². The van der Waals surface area contributed by atoms with E-state index in [0.717, 1.165) is 5.92 Å². The highest BCUT2D eigenvalue weighted by atomic mass is 79.9. The minimum atomic E-state index is 0.443. The monoisotopic (exact) mass is 287 g/mol. The van der Waals surface area contributed by atoms with Gasteiger partial charge in [-0.3, -0.25) is 0 Å². The first kappa shape index (κ1) is 11.6. The molecule has 1 aromatic heterocycles. The molecule has 3 unspecified atom stereocenters. The summed E-state index contributed by atoms with van der Waals surface area (Å²) in [6.07, 6.45) is 2.53. The van der Waals surface area contributed by atoms with E-state index in [9.17, 15) is 0 Å². The molecule has 0 spiro atoms. The summed E-state index contributed by atoms with van der Waals surface area (Å²) >= 11 is 5.44. The van der Waals surface area contributed by atoms with E-state index in [2.05, 4.69) is 54.3 Å². The first-order valence-electron chi connectivity index (χ1n) is 5.54. The Kier molecular flexibility index (Phi) is 3.25. The van der Waals surface area contributed by atoms with Crippen molar-refractivity contribution in [3.8, 4) is 0 Å². The number of thiophene rings is 1. The third kappa shape index (κ3) is 1.79. The average Bonchev–Trinajstić information content (AvgIpc) is 2.62. The second kappa shape index (κ2) is 4.19. The van der Waals surface area contributed by atoms with Gasteiger partial charge in [-0.25, -0.2) is 0 Å². The number of rotatable bonds is 3. The summed E-state index contributed by atoms with van der Waals surface area (Å²) in [5, 5.41) is 3.44. The normalized spacial score (nSPS) is 35.2. The Morgan fingerprint density at radius 3 is 2.80 bits per heavy atom. The molecule has 84 valence electrons. The minimum absolute atomic E-state index is 0.443. The van der Waals surface area contributed by atoms with Crippen LogP contribution >= 0.6 is 27.3 Å². The Morgan fingerprint density at radius 1 is 1.60 bits per heavy atom. The average molecular weight is 288 g/mol. The van der Waals surface area contributed by atoms with Crippen molar-refractivity contribution in [3.05, 3.63) is 20.8 Å². The number of hydrogen-bond donors (Lipinski definition) is 1. The largest absolute Gasteiger partial charge is 0.316 e. The molecule has 1 fully saturated rings. The Balaban J connectivity index is 2.19. The van der Waals surface area contributed by atoms with Crippen LogP contribution in [0, 0.1) is 5.41 Å². The van der Waals surface area contributed by atoms with E-state index in [4.69, 9.17) is 0 Å². The molecule has 1 nitrogen and oxygen atoms in total. The lowest BCUT2D eigenvalue weighted by Crippen LogP contribution is -2.55. The number of nitrogens with one attached hydrogen (secondary N) is 1. The van der Waals surface area contributed by atoms with Crippen molar-refractivity contribution in [2.24, 2.45) is 5.41 Å². The van der Waals surface area contributed by atoms with Crippen molar-refractivity contribution >= 4 is 27.3 Å².